The first-order chi connectivity index (χ1) is 15.6. The molecule has 32 heavy (non-hydrogen) atoms. The number of benzene rings is 1. The highest BCUT2D eigenvalue weighted by Crippen LogP contribution is 2.30. The van der Waals surface area contributed by atoms with Gasteiger partial charge in [0.1, 0.15) is 4.83 Å². The Labute approximate surface area is 194 Å². The van der Waals surface area contributed by atoms with E-state index >= 15 is 0 Å². The van der Waals surface area contributed by atoms with Gasteiger partial charge in [0.25, 0.3) is 5.56 Å². The topological polar surface area (TPSA) is 77.0 Å². The van der Waals surface area contributed by atoms with Crippen LogP contribution in [0.15, 0.2) is 40.4 Å². The van der Waals surface area contributed by atoms with Crippen molar-refractivity contribution in [2.45, 2.75) is 50.9 Å². The molecule has 0 saturated carbocycles. The highest BCUT2D eigenvalue weighted by atomic mass is 32.2. The highest BCUT2D eigenvalue weighted by molar-refractivity contribution is 7.99. The molecule has 1 atom stereocenters. The van der Waals surface area contributed by atoms with E-state index in [0.717, 1.165) is 57.4 Å². The normalized spacial score (nSPS) is 16.4. The second-order valence-corrected chi connectivity index (χ2v) is 10.2. The van der Waals surface area contributed by atoms with Gasteiger partial charge in [0.15, 0.2) is 10.9 Å². The summed E-state index contributed by atoms with van der Waals surface area (Å²) in [5.74, 6) is 0.234. The van der Waals surface area contributed by atoms with Crippen LogP contribution in [0, 0.1) is 6.92 Å². The van der Waals surface area contributed by atoms with E-state index in [-0.39, 0.29) is 23.2 Å². The van der Waals surface area contributed by atoms with Gasteiger partial charge in [-0.05, 0) is 37.8 Å². The van der Waals surface area contributed by atoms with Crippen molar-refractivity contribution >= 4 is 50.0 Å². The molecule has 166 valence electrons. The summed E-state index contributed by atoms with van der Waals surface area (Å²) in [6.07, 6.45) is 4.52. The average Bonchev–Trinajstić information content (AvgIpc) is 3.52. The maximum absolute atomic E-state index is 13.5. The molecule has 0 amide bonds. The number of H-pyrrole nitrogens is 1. The van der Waals surface area contributed by atoms with Crippen LogP contribution < -0.4 is 5.56 Å². The largest absolute Gasteiger partial charge is 0.376 e. The average molecular weight is 468 g/mol. The Hall–Kier alpha value is -2.42. The molecule has 4 heterocycles. The number of carbonyl (C=O) groups excluding carboxylic acids is 1. The van der Waals surface area contributed by atoms with Crippen molar-refractivity contribution in [3.63, 3.8) is 0 Å². The van der Waals surface area contributed by atoms with E-state index < -0.39 is 0 Å². The zero-order valence-electron chi connectivity index (χ0n) is 18.1. The molecule has 6 nitrogen and oxygen atoms in total. The number of hydrogen-bond donors (Lipinski definition) is 1. The Morgan fingerprint density at radius 3 is 3.00 bits per heavy atom. The number of nitrogens with one attached hydrogen (secondary N) is 1. The van der Waals surface area contributed by atoms with Gasteiger partial charge in [0.2, 0.25) is 0 Å². The summed E-state index contributed by atoms with van der Waals surface area (Å²) in [5.41, 5.74) is 2.67. The maximum atomic E-state index is 13.5. The number of nitrogens with zero attached hydrogens (tertiary/aromatic N) is 2. The Kier molecular flexibility index (Phi) is 5.92. The monoisotopic (exact) mass is 467 g/mol. The summed E-state index contributed by atoms with van der Waals surface area (Å²) in [6.45, 7) is 5.32. The maximum Gasteiger partial charge on any atom is 0.263 e. The van der Waals surface area contributed by atoms with Crippen LogP contribution in [0.3, 0.4) is 0 Å². The van der Waals surface area contributed by atoms with E-state index in [4.69, 9.17) is 9.72 Å². The van der Waals surface area contributed by atoms with E-state index in [0.29, 0.717) is 17.3 Å². The molecule has 1 unspecified atom stereocenters. The second-order valence-electron chi connectivity index (χ2n) is 8.08. The third-order valence-electron chi connectivity index (χ3n) is 6.06. The lowest BCUT2D eigenvalue weighted by atomic mass is 10.1. The Bertz CT molecular complexity index is 1360. The van der Waals surface area contributed by atoms with Crippen LogP contribution in [-0.2, 0) is 17.7 Å². The van der Waals surface area contributed by atoms with E-state index in [1.54, 1.807) is 22.1 Å². The standard InChI is InChI=1S/C24H25N3O3S2/c1-3-16-14(2)32-22-21(16)23(29)27(12-15-7-6-10-30-15)24(26-22)31-13-20(28)18-11-25-19-9-5-4-8-17(18)19/h4-5,8-9,11,15,25H,3,6-7,10,12-13H2,1-2H3. The minimum atomic E-state index is -0.0197. The summed E-state index contributed by atoms with van der Waals surface area (Å²) >= 11 is 2.89. The number of Topliss-reactive ketones (excluding diaryl/α,β-unsaturated/α-hetero) is 1. The van der Waals surface area contributed by atoms with E-state index in [2.05, 4.69) is 11.9 Å². The molecule has 3 aromatic heterocycles. The SMILES string of the molecule is CCc1c(C)sc2nc(SCC(=O)c3c[nH]c4ccccc34)n(CC3CCCO3)c(=O)c12. The summed E-state index contributed by atoms with van der Waals surface area (Å²) < 4.78 is 7.54. The van der Waals surface area contributed by atoms with Crippen LogP contribution in [0.25, 0.3) is 21.1 Å². The quantitative estimate of drug-likeness (QED) is 0.236. The number of aromatic nitrogens is 3. The third-order valence-corrected chi connectivity index (χ3v) is 8.08. The molecule has 1 N–H and O–H groups in total. The van der Waals surface area contributed by atoms with Crippen molar-refractivity contribution < 1.29 is 9.53 Å². The number of fused-ring (bicyclic) bond motifs is 2. The molecule has 1 aliphatic rings. The minimum absolute atomic E-state index is 0.0143. The lowest BCUT2D eigenvalue weighted by molar-refractivity contribution is 0.0937. The molecule has 1 saturated heterocycles. The molecule has 8 heteroatoms. The number of para-hydroxylation sites is 1. The van der Waals surface area contributed by atoms with Crippen LogP contribution in [-0.4, -0.2) is 38.8 Å². The first-order valence-electron chi connectivity index (χ1n) is 10.9. The van der Waals surface area contributed by atoms with Crippen LogP contribution >= 0.6 is 23.1 Å². The van der Waals surface area contributed by atoms with Crippen LogP contribution in [0.5, 0.6) is 0 Å². The van der Waals surface area contributed by atoms with Crippen molar-refractivity contribution in [2.75, 3.05) is 12.4 Å². The fraction of sp³-hybridized carbons (Fsp3) is 0.375. The van der Waals surface area contributed by atoms with Gasteiger partial charge in [-0.1, -0.05) is 36.9 Å². The number of aryl methyl sites for hydroxylation is 2. The number of aromatic amines is 1. The first kappa shape index (κ1) is 21.4. The van der Waals surface area contributed by atoms with E-state index in [1.807, 2.05) is 31.2 Å². The smallest absolute Gasteiger partial charge is 0.263 e. The van der Waals surface area contributed by atoms with Gasteiger partial charge in [-0.2, -0.15) is 0 Å². The van der Waals surface area contributed by atoms with Gasteiger partial charge in [-0.3, -0.25) is 14.2 Å². The summed E-state index contributed by atoms with van der Waals surface area (Å²) in [5, 5.41) is 2.23. The highest BCUT2D eigenvalue weighted by Gasteiger charge is 2.23. The number of ketones is 1. The number of carbonyl (C=O) groups is 1. The summed E-state index contributed by atoms with van der Waals surface area (Å²) in [7, 11) is 0. The lowest BCUT2D eigenvalue weighted by Crippen LogP contribution is -2.29. The fourth-order valence-corrected chi connectivity index (χ4v) is 6.48. The Balaban J connectivity index is 1.50. The van der Waals surface area contributed by atoms with Gasteiger partial charge in [-0.25, -0.2) is 4.98 Å². The Morgan fingerprint density at radius 2 is 2.22 bits per heavy atom. The van der Waals surface area contributed by atoms with Gasteiger partial charge < -0.3 is 9.72 Å². The van der Waals surface area contributed by atoms with Crippen molar-refractivity contribution in [1.82, 2.24) is 14.5 Å². The minimum Gasteiger partial charge on any atom is -0.376 e. The van der Waals surface area contributed by atoms with E-state index in [1.165, 1.54) is 11.8 Å². The molecular formula is C24H25N3O3S2. The number of ether oxygens (including phenoxy) is 1. The third kappa shape index (κ3) is 3.80. The molecule has 4 aromatic rings. The summed E-state index contributed by atoms with van der Waals surface area (Å²) in [6, 6.07) is 7.78. The van der Waals surface area contributed by atoms with Crippen molar-refractivity contribution in [1.29, 1.82) is 0 Å². The van der Waals surface area contributed by atoms with Crippen molar-refractivity contribution in [3.8, 4) is 0 Å². The van der Waals surface area contributed by atoms with E-state index in [9.17, 15) is 9.59 Å². The fourth-order valence-electron chi connectivity index (χ4n) is 4.43. The molecule has 0 aliphatic carbocycles. The number of thiophene rings is 1. The molecule has 1 aromatic carbocycles. The zero-order chi connectivity index (χ0) is 22.2. The van der Waals surface area contributed by atoms with Gasteiger partial charge >= 0.3 is 0 Å². The Morgan fingerprint density at radius 1 is 1.38 bits per heavy atom. The summed E-state index contributed by atoms with van der Waals surface area (Å²) in [4.78, 5) is 36.5. The van der Waals surface area contributed by atoms with Crippen LogP contribution in [0.1, 0.15) is 40.6 Å². The van der Waals surface area contributed by atoms with Crippen LogP contribution in [0.2, 0.25) is 0 Å². The van der Waals surface area contributed by atoms with Crippen molar-refractivity contribution in [3.05, 3.63) is 56.8 Å². The number of hydrogen-bond acceptors (Lipinski definition) is 6. The zero-order valence-corrected chi connectivity index (χ0v) is 19.8. The van der Waals surface area contributed by atoms with Crippen molar-refractivity contribution in [2.24, 2.45) is 0 Å². The molecule has 0 spiro atoms. The first-order valence-corrected chi connectivity index (χ1v) is 12.7. The molecular weight excluding hydrogens is 442 g/mol. The molecule has 0 bridgehead atoms. The predicted molar refractivity (Wildman–Crippen MR) is 130 cm³/mol. The van der Waals surface area contributed by atoms with Crippen LogP contribution in [0.4, 0.5) is 0 Å². The van der Waals surface area contributed by atoms with Gasteiger partial charge in [-0.15, -0.1) is 11.3 Å². The lowest BCUT2D eigenvalue weighted by Gasteiger charge is -2.16. The second kappa shape index (κ2) is 8.84. The predicted octanol–water partition coefficient (Wildman–Crippen LogP) is 4.96. The number of thioether (sulfide) groups is 1. The number of rotatable bonds is 7. The van der Waals surface area contributed by atoms with Gasteiger partial charge in [0.05, 0.1) is 23.8 Å². The molecule has 1 fully saturated rings. The molecule has 5 rings (SSSR count). The molecule has 1 aliphatic heterocycles. The molecule has 0 radical (unpaired) electrons. The van der Waals surface area contributed by atoms with Gasteiger partial charge in [0, 0.05) is 34.1 Å².